The average molecular weight is 418 g/mol. The zero-order valence-corrected chi connectivity index (χ0v) is 17.1. The van der Waals surface area contributed by atoms with Gasteiger partial charge in [0.05, 0.1) is 18.9 Å². The fourth-order valence-corrected chi connectivity index (χ4v) is 3.57. The second-order valence-corrected chi connectivity index (χ2v) is 7.64. The number of nitrogens with zero attached hydrogens (tertiary/aromatic N) is 2. The van der Waals surface area contributed by atoms with Crippen molar-refractivity contribution >= 4 is 29.3 Å². The molecule has 1 N–H and O–H groups in total. The summed E-state index contributed by atoms with van der Waals surface area (Å²) in [4.78, 5) is 17.8. The molecule has 0 aliphatic heterocycles. The van der Waals surface area contributed by atoms with Gasteiger partial charge in [-0.15, -0.1) is 11.8 Å². The first kappa shape index (κ1) is 20.2. The molecule has 0 aliphatic carbocycles. The monoisotopic (exact) mass is 417 g/mol. The van der Waals surface area contributed by atoms with Crippen LogP contribution in [0.1, 0.15) is 19.2 Å². The van der Waals surface area contributed by atoms with Gasteiger partial charge in [0.2, 0.25) is 17.6 Å². The Morgan fingerprint density at radius 3 is 2.57 bits per heavy atom. The van der Waals surface area contributed by atoms with Gasteiger partial charge >= 0.3 is 0 Å². The highest BCUT2D eigenvalue weighted by Gasteiger charge is 2.19. The van der Waals surface area contributed by atoms with Crippen molar-refractivity contribution in [2.75, 3.05) is 7.11 Å². The number of nitrogens with one attached hydrogen (secondary N) is 1. The van der Waals surface area contributed by atoms with Crippen LogP contribution < -0.4 is 10.1 Å². The SMILES string of the molecule is CCC(Sc1ccc(Cl)cc1)C(=O)NCc1nc(-c2ccc(OC)cc2)no1. The summed E-state index contributed by atoms with van der Waals surface area (Å²) in [6.45, 7) is 2.15. The van der Waals surface area contributed by atoms with Crippen molar-refractivity contribution in [2.24, 2.45) is 0 Å². The lowest BCUT2D eigenvalue weighted by atomic mass is 10.2. The predicted octanol–water partition coefficient (Wildman–Crippen LogP) is 4.59. The van der Waals surface area contributed by atoms with Gasteiger partial charge in [-0.3, -0.25) is 4.79 Å². The Labute approximate surface area is 172 Å². The minimum absolute atomic E-state index is 0.0772. The topological polar surface area (TPSA) is 77.2 Å². The zero-order valence-electron chi connectivity index (χ0n) is 15.5. The Balaban J connectivity index is 1.57. The van der Waals surface area contributed by atoms with Crippen LogP contribution in [0.2, 0.25) is 5.02 Å². The zero-order chi connectivity index (χ0) is 19.9. The molecule has 1 aromatic heterocycles. The fraction of sp³-hybridized carbons (Fsp3) is 0.250. The van der Waals surface area contributed by atoms with Gasteiger partial charge in [0.1, 0.15) is 5.75 Å². The molecule has 2 aromatic carbocycles. The van der Waals surface area contributed by atoms with Crippen molar-refractivity contribution in [3.8, 4) is 17.1 Å². The Bertz CT molecular complexity index is 913. The van der Waals surface area contributed by atoms with Crippen LogP contribution in [0, 0.1) is 0 Å². The van der Waals surface area contributed by atoms with Gasteiger partial charge in [0.25, 0.3) is 0 Å². The van der Waals surface area contributed by atoms with Crippen molar-refractivity contribution in [3.63, 3.8) is 0 Å². The number of carbonyl (C=O) groups excluding carboxylic acids is 1. The third kappa shape index (κ3) is 5.27. The van der Waals surface area contributed by atoms with Crippen LogP contribution in [0.15, 0.2) is 57.9 Å². The van der Waals surface area contributed by atoms with E-state index in [1.165, 1.54) is 11.8 Å². The Morgan fingerprint density at radius 2 is 1.93 bits per heavy atom. The predicted molar refractivity (Wildman–Crippen MR) is 110 cm³/mol. The number of halogens is 1. The molecule has 0 spiro atoms. The fourth-order valence-electron chi connectivity index (χ4n) is 2.46. The summed E-state index contributed by atoms with van der Waals surface area (Å²) >= 11 is 7.40. The van der Waals surface area contributed by atoms with Crippen molar-refractivity contribution in [1.29, 1.82) is 0 Å². The number of carbonyl (C=O) groups is 1. The molecule has 0 saturated carbocycles. The summed E-state index contributed by atoms with van der Waals surface area (Å²) < 4.78 is 10.4. The molecule has 1 heterocycles. The molecule has 0 bridgehead atoms. The average Bonchev–Trinajstić information content (AvgIpc) is 3.20. The number of hydrogen-bond acceptors (Lipinski definition) is 6. The molecule has 0 saturated heterocycles. The molecule has 28 heavy (non-hydrogen) atoms. The van der Waals surface area contributed by atoms with Crippen molar-refractivity contribution < 1.29 is 14.1 Å². The van der Waals surface area contributed by atoms with E-state index in [0.29, 0.717) is 23.2 Å². The Hall–Kier alpha value is -2.51. The maximum atomic E-state index is 12.5. The first-order valence-electron chi connectivity index (χ1n) is 8.76. The number of methoxy groups -OCH3 is 1. The highest BCUT2D eigenvalue weighted by molar-refractivity contribution is 8.00. The van der Waals surface area contributed by atoms with E-state index in [4.69, 9.17) is 20.9 Å². The van der Waals surface area contributed by atoms with E-state index in [-0.39, 0.29) is 17.7 Å². The minimum atomic E-state index is -0.217. The smallest absolute Gasteiger partial charge is 0.246 e. The molecule has 8 heteroatoms. The minimum Gasteiger partial charge on any atom is -0.497 e. The summed E-state index contributed by atoms with van der Waals surface area (Å²) in [5.41, 5.74) is 0.812. The van der Waals surface area contributed by atoms with Crippen LogP contribution in [0.5, 0.6) is 5.75 Å². The van der Waals surface area contributed by atoms with E-state index in [2.05, 4.69) is 15.5 Å². The second-order valence-electron chi connectivity index (χ2n) is 5.93. The number of aromatic nitrogens is 2. The first-order chi connectivity index (χ1) is 13.6. The number of thioether (sulfide) groups is 1. The maximum absolute atomic E-state index is 12.5. The summed E-state index contributed by atoms with van der Waals surface area (Å²) in [5.74, 6) is 1.50. The molecule has 0 aliphatic rings. The van der Waals surface area contributed by atoms with Crippen molar-refractivity contribution in [3.05, 3.63) is 59.4 Å². The number of benzene rings is 2. The largest absolute Gasteiger partial charge is 0.497 e. The van der Waals surface area contributed by atoms with E-state index in [9.17, 15) is 4.79 Å². The lowest BCUT2D eigenvalue weighted by Gasteiger charge is -2.13. The van der Waals surface area contributed by atoms with E-state index in [1.807, 2.05) is 55.5 Å². The number of amides is 1. The second kappa shape index (κ2) is 9.61. The van der Waals surface area contributed by atoms with Gasteiger partial charge < -0.3 is 14.6 Å². The van der Waals surface area contributed by atoms with Gasteiger partial charge in [-0.05, 0) is 55.0 Å². The van der Waals surface area contributed by atoms with Gasteiger partial charge in [-0.25, -0.2) is 0 Å². The quantitative estimate of drug-likeness (QED) is 0.540. The van der Waals surface area contributed by atoms with Crippen molar-refractivity contribution in [2.45, 2.75) is 30.0 Å². The molecule has 1 amide bonds. The van der Waals surface area contributed by atoms with E-state index in [1.54, 1.807) is 7.11 Å². The van der Waals surface area contributed by atoms with Crippen LogP contribution in [0.4, 0.5) is 0 Å². The van der Waals surface area contributed by atoms with Crippen LogP contribution >= 0.6 is 23.4 Å². The van der Waals surface area contributed by atoms with Crippen LogP contribution in [-0.4, -0.2) is 28.4 Å². The summed E-state index contributed by atoms with van der Waals surface area (Å²) in [6, 6.07) is 14.8. The molecule has 1 unspecified atom stereocenters. The van der Waals surface area contributed by atoms with Crippen molar-refractivity contribution in [1.82, 2.24) is 15.5 Å². The summed E-state index contributed by atoms with van der Waals surface area (Å²) in [7, 11) is 1.61. The number of hydrogen-bond donors (Lipinski definition) is 1. The molecule has 3 aromatic rings. The number of ether oxygens (including phenoxy) is 1. The third-order valence-electron chi connectivity index (χ3n) is 3.99. The normalized spacial score (nSPS) is 11.8. The summed E-state index contributed by atoms with van der Waals surface area (Å²) in [5, 5.41) is 7.28. The first-order valence-corrected chi connectivity index (χ1v) is 10.0. The molecule has 0 radical (unpaired) electrons. The standard InChI is InChI=1S/C20H20ClN3O3S/c1-3-17(28-16-10-6-14(21)7-11-16)20(25)22-12-18-23-19(24-27-18)13-4-8-15(26-2)9-5-13/h4-11,17H,3,12H2,1-2H3,(H,22,25). The van der Waals surface area contributed by atoms with E-state index >= 15 is 0 Å². The van der Waals surface area contributed by atoms with Crippen LogP contribution in [-0.2, 0) is 11.3 Å². The van der Waals surface area contributed by atoms with Crippen LogP contribution in [0.25, 0.3) is 11.4 Å². The van der Waals surface area contributed by atoms with Gasteiger partial charge in [-0.2, -0.15) is 4.98 Å². The molecule has 146 valence electrons. The Kier molecular flexibility index (Phi) is 6.95. The van der Waals surface area contributed by atoms with Gasteiger partial charge in [-0.1, -0.05) is 23.7 Å². The number of rotatable bonds is 8. The molecule has 0 fully saturated rings. The molecule has 6 nitrogen and oxygen atoms in total. The lowest BCUT2D eigenvalue weighted by molar-refractivity contribution is -0.120. The van der Waals surface area contributed by atoms with E-state index < -0.39 is 0 Å². The third-order valence-corrected chi connectivity index (χ3v) is 5.61. The molecule has 1 atom stereocenters. The Morgan fingerprint density at radius 1 is 1.21 bits per heavy atom. The molecular weight excluding hydrogens is 398 g/mol. The van der Waals surface area contributed by atoms with Crippen LogP contribution in [0.3, 0.4) is 0 Å². The highest BCUT2D eigenvalue weighted by atomic mass is 35.5. The van der Waals surface area contributed by atoms with Gasteiger partial charge in [0.15, 0.2) is 0 Å². The molecular formula is C20H20ClN3O3S. The summed E-state index contributed by atoms with van der Waals surface area (Å²) in [6.07, 6.45) is 0.695. The molecule has 3 rings (SSSR count). The lowest BCUT2D eigenvalue weighted by Crippen LogP contribution is -2.31. The van der Waals surface area contributed by atoms with Gasteiger partial charge in [0, 0.05) is 15.5 Å². The highest BCUT2D eigenvalue weighted by Crippen LogP contribution is 2.27. The van der Waals surface area contributed by atoms with E-state index in [0.717, 1.165) is 16.2 Å². The maximum Gasteiger partial charge on any atom is 0.246 e.